The minimum atomic E-state index is -2.96. The Morgan fingerprint density at radius 2 is 2.25 bits per heavy atom. The van der Waals surface area contributed by atoms with E-state index in [0.717, 1.165) is 4.68 Å². The molecule has 2 heterocycles. The van der Waals surface area contributed by atoms with Crippen molar-refractivity contribution in [2.24, 2.45) is 7.05 Å². The molecule has 0 saturated carbocycles. The Labute approximate surface area is 114 Å². The highest BCUT2D eigenvalue weighted by molar-refractivity contribution is 5.92. The van der Waals surface area contributed by atoms with Crippen molar-refractivity contribution in [3.8, 4) is 5.88 Å². The number of aliphatic hydroxyl groups is 1. The molecule has 0 spiro atoms. The van der Waals surface area contributed by atoms with Crippen LogP contribution in [0.1, 0.15) is 29.8 Å². The van der Waals surface area contributed by atoms with E-state index in [1.807, 2.05) is 0 Å². The van der Waals surface area contributed by atoms with Crippen LogP contribution in [0.5, 0.6) is 5.88 Å². The summed E-state index contributed by atoms with van der Waals surface area (Å²) in [4.78, 5) is 13.8. The van der Waals surface area contributed by atoms with E-state index in [-0.39, 0.29) is 17.5 Å². The summed E-state index contributed by atoms with van der Waals surface area (Å²) in [6.07, 6.45) is 1.49. The number of amides is 1. The summed E-state index contributed by atoms with van der Waals surface area (Å²) in [5.41, 5.74) is 0.0690. The summed E-state index contributed by atoms with van der Waals surface area (Å²) in [6.45, 7) is -2.00. The molecule has 2 rings (SSSR count). The van der Waals surface area contributed by atoms with Crippen molar-refractivity contribution in [3.63, 3.8) is 0 Å². The average Bonchev–Trinajstić information content (AvgIpc) is 2.60. The lowest BCUT2D eigenvalue weighted by Gasteiger charge is -2.18. The zero-order valence-electron chi connectivity index (χ0n) is 11.1. The van der Waals surface area contributed by atoms with E-state index >= 15 is 0 Å². The number of likely N-dealkylation sites (tertiary alicyclic amines) is 1. The summed E-state index contributed by atoms with van der Waals surface area (Å²) in [6, 6.07) is 1.20. The number of aliphatic hydroxyl groups excluding tert-OH is 1. The van der Waals surface area contributed by atoms with Crippen molar-refractivity contribution in [1.29, 1.82) is 0 Å². The molecular formula is C12H17F2N3O3. The quantitative estimate of drug-likeness (QED) is 0.901. The van der Waals surface area contributed by atoms with Gasteiger partial charge in [-0.25, -0.2) is 4.68 Å². The molecule has 0 aliphatic carbocycles. The van der Waals surface area contributed by atoms with Gasteiger partial charge in [0.05, 0.1) is 6.10 Å². The minimum Gasteiger partial charge on any atom is -0.417 e. The molecule has 1 saturated heterocycles. The van der Waals surface area contributed by atoms with Gasteiger partial charge in [-0.15, -0.1) is 0 Å². The van der Waals surface area contributed by atoms with E-state index in [9.17, 15) is 18.7 Å². The fourth-order valence-electron chi connectivity index (χ4n) is 2.20. The van der Waals surface area contributed by atoms with Crippen molar-refractivity contribution in [2.45, 2.75) is 32.0 Å². The van der Waals surface area contributed by atoms with Crippen molar-refractivity contribution in [1.82, 2.24) is 14.7 Å². The van der Waals surface area contributed by atoms with Gasteiger partial charge in [0, 0.05) is 26.2 Å². The normalized spacial score (nSPS) is 20.1. The van der Waals surface area contributed by atoms with Gasteiger partial charge in [-0.3, -0.25) is 4.79 Å². The molecule has 20 heavy (non-hydrogen) atoms. The topological polar surface area (TPSA) is 67.6 Å². The van der Waals surface area contributed by atoms with Crippen LogP contribution >= 0.6 is 0 Å². The van der Waals surface area contributed by atoms with Gasteiger partial charge in [-0.05, 0) is 19.3 Å². The van der Waals surface area contributed by atoms with Crippen LogP contribution in [0.15, 0.2) is 6.07 Å². The first-order valence-electron chi connectivity index (χ1n) is 6.43. The molecule has 1 atom stereocenters. The van der Waals surface area contributed by atoms with Gasteiger partial charge in [-0.2, -0.15) is 13.9 Å². The van der Waals surface area contributed by atoms with Crippen LogP contribution < -0.4 is 4.74 Å². The van der Waals surface area contributed by atoms with Crippen molar-refractivity contribution in [3.05, 3.63) is 11.8 Å². The lowest BCUT2D eigenvalue weighted by molar-refractivity contribution is -0.0553. The van der Waals surface area contributed by atoms with Gasteiger partial charge in [-0.1, -0.05) is 0 Å². The van der Waals surface area contributed by atoms with E-state index < -0.39 is 12.7 Å². The molecule has 1 aromatic rings. The van der Waals surface area contributed by atoms with Gasteiger partial charge in [0.25, 0.3) is 5.91 Å². The molecule has 1 unspecified atom stereocenters. The molecule has 1 aliphatic rings. The third kappa shape index (κ3) is 3.44. The highest BCUT2D eigenvalue weighted by atomic mass is 19.3. The SMILES string of the molecule is Cn1nc(C(=O)N2CCCC(O)CC2)cc1OC(F)F. The Hall–Kier alpha value is -1.70. The molecule has 1 aromatic heterocycles. The van der Waals surface area contributed by atoms with E-state index in [2.05, 4.69) is 9.84 Å². The van der Waals surface area contributed by atoms with E-state index in [1.165, 1.54) is 13.1 Å². The maximum Gasteiger partial charge on any atom is 0.388 e. The molecule has 112 valence electrons. The van der Waals surface area contributed by atoms with Crippen molar-refractivity contribution >= 4 is 5.91 Å². The molecule has 0 aromatic carbocycles. The second-order valence-electron chi connectivity index (χ2n) is 4.75. The molecule has 1 fully saturated rings. The first-order chi connectivity index (χ1) is 9.47. The lowest BCUT2D eigenvalue weighted by atomic mass is 10.2. The Morgan fingerprint density at radius 3 is 2.95 bits per heavy atom. The first kappa shape index (κ1) is 14.7. The zero-order chi connectivity index (χ0) is 14.7. The Morgan fingerprint density at radius 1 is 1.50 bits per heavy atom. The van der Waals surface area contributed by atoms with Crippen LogP contribution in [0.3, 0.4) is 0 Å². The zero-order valence-corrected chi connectivity index (χ0v) is 11.1. The van der Waals surface area contributed by atoms with E-state index in [1.54, 1.807) is 4.90 Å². The number of hydrogen-bond donors (Lipinski definition) is 1. The monoisotopic (exact) mass is 289 g/mol. The number of alkyl halides is 2. The molecule has 0 radical (unpaired) electrons. The number of aromatic nitrogens is 2. The molecule has 1 amide bonds. The molecular weight excluding hydrogens is 272 g/mol. The number of carbonyl (C=O) groups is 1. The van der Waals surface area contributed by atoms with Crippen LogP contribution in [-0.4, -0.2) is 51.5 Å². The third-order valence-electron chi connectivity index (χ3n) is 3.25. The summed E-state index contributed by atoms with van der Waals surface area (Å²) < 4.78 is 29.7. The number of hydrogen-bond acceptors (Lipinski definition) is 4. The molecule has 8 heteroatoms. The Bertz CT molecular complexity index is 479. The third-order valence-corrected chi connectivity index (χ3v) is 3.25. The van der Waals surface area contributed by atoms with Crippen molar-refractivity contribution < 1.29 is 23.4 Å². The molecule has 6 nitrogen and oxygen atoms in total. The second kappa shape index (κ2) is 6.17. The molecule has 0 bridgehead atoms. The highest BCUT2D eigenvalue weighted by Gasteiger charge is 2.24. The maximum absolute atomic E-state index is 12.2. The van der Waals surface area contributed by atoms with Gasteiger partial charge >= 0.3 is 6.61 Å². The predicted molar refractivity (Wildman–Crippen MR) is 65.6 cm³/mol. The lowest BCUT2D eigenvalue weighted by Crippen LogP contribution is -2.32. The van der Waals surface area contributed by atoms with Crippen LogP contribution in [-0.2, 0) is 7.05 Å². The summed E-state index contributed by atoms with van der Waals surface area (Å²) in [5, 5.41) is 13.4. The number of aryl methyl sites for hydroxylation is 1. The van der Waals surface area contributed by atoms with Gasteiger partial charge < -0.3 is 14.7 Å². The number of nitrogens with zero attached hydrogens (tertiary/aromatic N) is 3. The fraction of sp³-hybridized carbons (Fsp3) is 0.667. The summed E-state index contributed by atoms with van der Waals surface area (Å²) in [5.74, 6) is -0.489. The van der Waals surface area contributed by atoms with Gasteiger partial charge in [0.2, 0.25) is 5.88 Å². The second-order valence-corrected chi connectivity index (χ2v) is 4.75. The maximum atomic E-state index is 12.2. The summed E-state index contributed by atoms with van der Waals surface area (Å²) >= 11 is 0. The van der Waals surface area contributed by atoms with Gasteiger partial charge in [0.1, 0.15) is 0 Å². The number of halogens is 2. The van der Waals surface area contributed by atoms with E-state index in [0.29, 0.717) is 32.4 Å². The minimum absolute atomic E-state index is 0.0690. The number of carbonyl (C=O) groups excluding carboxylic acids is 1. The van der Waals surface area contributed by atoms with Crippen molar-refractivity contribution in [2.75, 3.05) is 13.1 Å². The Balaban J connectivity index is 2.08. The smallest absolute Gasteiger partial charge is 0.388 e. The number of rotatable bonds is 3. The van der Waals surface area contributed by atoms with E-state index in [4.69, 9.17) is 0 Å². The number of ether oxygens (including phenoxy) is 1. The average molecular weight is 289 g/mol. The predicted octanol–water partition coefficient (Wildman–Crippen LogP) is 1.01. The highest BCUT2D eigenvalue weighted by Crippen LogP contribution is 2.18. The molecule has 1 N–H and O–H groups in total. The first-order valence-corrected chi connectivity index (χ1v) is 6.43. The Kier molecular flexibility index (Phi) is 4.53. The molecule has 1 aliphatic heterocycles. The fourth-order valence-corrected chi connectivity index (χ4v) is 2.20. The van der Waals surface area contributed by atoms with Crippen LogP contribution in [0.2, 0.25) is 0 Å². The largest absolute Gasteiger partial charge is 0.417 e. The standard InChI is InChI=1S/C12H17F2N3O3/c1-16-10(20-12(13)14)7-9(15-16)11(19)17-5-2-3-8(18)4-6-17/h7-8,12,18H,2-6H2,1H3. The van der Waals surface area contributed by atoms with Crippen LogP contribution in [0.25, 0.3) is 0 Å². The summed E-state index contributed by atoms with van der Waals surface area (Å²) in [7, 11) is 1.43. The van der Waals surface area contributed by atoms with Gasteiger partial charge in [0.15, 0.2) is 5.69 Å². The van der Waals surface area contributed by atoms with Crippen LogP contribution in [0, 0.1) is 0 Å². The van der Waals surface area contributed by atoms with Crippen LogP contribution in [0.4, 0.5) is 8.78 Å².